The number of carbonyl (C=O) groups is 2. The van der Waals surface area contributed by atoms with Crippen molar-refractivity contribution in [2.45, 2.75) is 29.8 Å². The van der Waals surface area contributed by atoms with Crippen LogP contribution in [0.15, 0.2) is 12.2 Å². The Hall–Kier alpha value is -2.01. The first-order valence-electron chi connectivity index (χ1n) is 6.02. The van der Waals surface area contributed by atoms with Crippen molar-refractivity contribution in [3.63, 3.8) is 0 Å². The smallest absolute Gasteiger partial charge is 0.466 e. The predicted octanol–water partition coefficient (Wildman–Crippen LogP) is 0.937. The van der Waals surface area contributed by atoms with Gasteiger partial charge >= 0.3 is 35.3 Å². The Kier molecular flexibility index (Phi) is 6.98. The van der Waals surface area contributed by atoms with Crippen molar-refractivity contribution < 1.29 is 67.2 Å². The molecule has 0 aromatic rings. The van der Waals surface area contributed by atoms with Crippen molar-refractivity contribution >= 4 is 22.0 Å². The minimum atomic E-state index is -6.36. The Bertz CT molecular complexity index is 714. The van der Waals surface area contributed by atoms with Gasteiger partial charge in [0.05, 0.1) is 6.61 Å². The van der Waals surface area contributed by atoms with E-state index in [1.54, 1.807) is 0 Å². The number of hydrogen-bond acceptors (Lipinski definition) is 7. The van der Waals surface area contributed by atoms with Crippen LogP contribution in [-0.2, 0) is 29.2 Å². The molecule has 2 N–H and O–H groups in total. The summed E-state index contributed by atoms with van der Waals surface area (Å²) < 4.78 is 139. The lowest BCUT2D eigenvalue weighted by Gasteiger charge is -2.32. The summed E-state index contributed by atoms with van der Waals surface area (Å²) in [5.41, 5.74) is 1.78. The molecule has 1 atom stereocenters. The summed E-state index contributed by atoms with van der Waals surface area (Å²) in [5.74, 6) is -10.7. The average Bonchev–Trinajstić information content (AvgIpc) is 2.41. The van der Waals surface area contributed by atoms with Crippen molar-refractivity contribution in [3.8, 4) is 0 Å². The third-order valence-corrected chi connectivity index (χ3v) is 3.52. The third-order valence-electron chi connectivity index (χ3n) is 2.59. The number of rotatable bonds is 8. The summed E-state index contributed by atoms with van der Waals surface area (Å²) in [6.45, 7) is -0.00646. The van der Waals surface area contributed by atoms with E-state index in [-0.39, 0.29) is 0 Å². The first-order valence-corrected chi connectivity index (χ1v) is 7.43. The van der Waals surface area contributed by atoms with E-state index >= 15 is 0 Å². The van der Waals surface area contributed by atoms with Crippen LogP contribution in [0, 0.1) is 0 Å². The zero-order valence-corrected chi connectivity index (χ0v) is 13.3. The second-order valence-corrected chi connectivity index (χ2v) is 6.04. The van der Waals surface area contributed by atoms with Crippen LogP contribution >= 0.6 is 0 Å². The van der Waals surface area contributed by atoms with Crippen molar-refractivity contribution in [2.75, 3.05) is 6.61 Å². The van der Waals surface area contributed by atoms with E-state index in [0.29, 0.717) is 0 Å². The second kappa shape index (κ2) is 7.55. The molecular formula is C10H8F8NO7S-. The zero-order chi connectivity index (χ0) is 22.1. The van der Waals surface area contributed by atoms with Gasteiger partial charge in [0, 0.05) is 6.42 Å². The topological polar surface area (TPSA) is 136 Å². The summed E-state index contributed by atoms with van der Waals surface area (Å²) >= 11 is 0. The molecule has 0 aromatic heterocycles. The van der Waals surface area contributed by atoms with Gasteiger partial charge in [0.1, 0.15) is 5.57 Å². The van der Waals surface area contributed by atoms with E-state index in [1.807, 2.05) is 0 Å². The lowest BCUT2D eigenvalue weighted by atomic mass is 10.2. The number of hydrogen-bond donors (Lipinski definition) is 1. The van der Waals surface area contributed by atoms with E-state index in [4.69, 9.17) is 0 Å². The minimum Gasteiger partial charge on any atom is -0.743 e. The lowest BCUT2D eigenvalue weighted by molar-refractivity contribution is -0.347. The van der Waals surface area contributed by atoms with Crippen LogP contribution in [0.3, 0.4) is 0 Å². The van der Waals surface area contributed by atoms with E-state index in [9.17, 15) is 57.7 Å². The van der Waals surface area contributed by atoms with Crippen LogP contribution in [0.5, 0.6) is 0 Å². The van der Waals surface area contributed by atoms with E-state index in [1.165, 1.54) is 0 Å². The van der Waals surface area contributed by atoms with Crippen LogP contribution in [-0.4, -0.2) is 54.8 Å². The number of ether oxygens (including phenoxy) is 2. The van der Waals surface area contributed by atoms with Crippen LogP contribution < -0.4 is 5.73 Å². The maximum Gasteiger partial charge on any atom is 0.466 e. The molecule has 0 heterocycles. The highest BCUT2D eigenvalue weighted by Gasteiger charge is 2.66. The largest absolute Gasteiger partial charge is 0.743 e. The highest BCUT2D eigenvalue weighted by Crippen LogP contribution is 2.38. The fourth-order valence-electron chi connectivity index (χ4n) is 1.18. The Morgan fingerprint density at radius 3 is 1.78 bits per heavy atom. The zero-order valence-electron chi connectivity index (χ0n) is 12.5. The Morgan fingerprint density at radius 1 is 1.04 bits per heavy atom. The van der Waals surface area contributed by atoms with Crippen LogP contribution in [0.2, 0.25) is 0 Å². The second-order valence-electron chi connectivity index (χ2n) is 4.53. The minimum absolute atomic E-state index is 2.09. The molecule has 158 valence electrons. The van der Waals surface area contributed by atoms with Gasteiger partial charge in [0.2, 0.25) is 0 Å². The molecule has 27 heavy (non-hydrogen) atoms. The third kappa shape index (κ3) is 5.73. The number of carbonyl (C=O) groups excluding carboxylic acids is 2. The van der Waals surface area contributed by atoms with Gasteiger partial charge in [-0.1, -0.05) is 6.58 Å². The number of amides is 1. The quantitative estimate of drug-likeness (QED) is 0.196. The molecule has 8 nitrogen and oxygen atoms in total. The Labute approximate surface area is 144 Å². The summed E-state index contributed by atoms with van der Waals surface area (Å²) in [4.78, 5) is 22.2. The van der Waals surface area contributed by atoms with Gasteiger partial charge in [-0.25, -0.2) is 13.2 Å². The SMILES string of the molecule is C=C(C(=O)OC(OCCC(F)(F)S(=O)(=O)[O-])(C(N)=O)C(F)(F)F)C(F)(F)F. The standard InChI is InChI=1S/C10H9F8NO7S/c1-4(9(13,14)15)5(20)26-8(6(19)21,10(16,17)18)25-3-2-7(11,12)27(22,23)24/h1-3H2,(H2,19,21)(H,22,23,24)/p-1. The molecule has 0 saturated heterocycles. The molecule has 0 fully saturated rings. The maximum atomic E-state index is 13.0. The van der Waals surface area contributed by atoms with Crippen molar-refractivity contribution in [1.82, 2.24) is 0 Å². The maximum absolute atomic E-state index is 13.0. The summed E-state index contributed by atoms with van der Waals surface area (Å²) in [6, 6.07) is 0. The summed E-state index contributed by atoms with van der Waals surface area (Å²) in [5, 5.41) is -5.18. The molecule has 0 bridgehead atoms. The molecular weight excluding hydrogens is 430 g/mol. The molecule has 0 aromatic carbocycles. The normalized spacial score (nSPS) is 15.7. The summed E-state index contributed by atoms with van der Waals surface area (Å²) in [7, 11) is -6.36. The molecule has 0 aliphatic carbocycles. The Balaban J connectivity index is 5.76. The average molecular weight is 438 g/mol. The molecule has 17 heteroatoms. The van der Waals surface area contributed by atoms with Crippen LogP contribution in [0.4, 0.5) is 35.1 Å². The molecule has 1 amide bonds. The van der Waals surface area contributed by atoms with E-state index < -0.39 is 64.0 Å². The fraction of sp³-hybridized carbons (Fsp3) is 0.600. The monoisotopic (exact) mass is 438 g/mol. The van der Waals surface area contributed by atoms with Gasteiger partial charge in [-0.15, -0.1) is 0 Å². The first kappa shape index (κ1) is 25.0. The van der Waals surface area contributed by atoms with Crippen molar-refractivity contribution in [1.29, 1.82) is 0 Å². The first-order chi connectivity index (χ1) is 11.7. The number of primary amides is 1. The molecule has 0 rings (SSSR count). The molecule has 0 radical (unpaired) electrons. The number of esters is 1. The lowest BCUT2D eigenvalue weighted by Crippen LogP contribution is -2.60. The van der Waals surface area contributed by atoms with Gasteiger partial charge < -0.3 is 19.8 Å². The highest BCUT2D eigenvalue weighted by molar-refractivity contribution is 7.86. The van der Waals surface area contributed by atoms with Crippen LogP contribution in [0.1, 0.15) is 6.42 Å². The Morgan fingerprint density at radius 2 is 1.48 bits per heavy atom. The van der Waals surface area contributed by atoms with Gasteiger partial charge in [-0.2, -0.15) is 35.1 Å². The molecule has 1 unspecified atom stereocenters. The fourth-order valence-corrected chi connectivity index (χ4v) is 1.51. The molecule has 0 saturated carbocycles. The van der Waals surface area contributed by atoms with E-state index in [2.05, 4.69) is 21.8 Å². The number of nitrogens with two attached hydrogens (primary N) is 1. The molecule has 0 aliphatic rings. The summed E-state index contributed by atoms with van der Waals surface area (Å²) in [6.07, 6.45) is -14.1. The van der Waals surface area contributed by atoms with Gasteiger partial charge in [-0.3, -0.25) is 4.79 Å². The number of alkyl halides is 8. The predicted molar refractivity (Wildman–Crippen MR) is 64.5 cm³/mol. The molecule has 0 spiro atoms. The van der Waals surface area contributed by atoms with E-state index in [0.717, 1.165) is 0 Å². The highest BCUT2D eigenvalue weighted by atomic mass is 32.2. The van der Waals surface area contributed by atoms with Gasteiger partial charge in [0.15, 0.2) is 10.1 Å². The van der Waals surface area contributed by atoms with Gasteiger partial charge in [-0.05, 0) is 0 Å². The van der Waals surface area contributed by atoms with Gasteiger partial charge in [0.25, 0.3) is 0 Å². The molecule has 0 aliphatic heterocycles. The number of halogens is 8. The van der Waals surface area contributed by atoms with Crippen molar-refractivity contribution in [3.05, 3.63) is 12.2 Å². The van der Waals surface area contributed by atoms with Crippen LogP contribution in [0.25, 0.3) is 0 Å². The van der Waals surface area contributed by atoms with Crippen molar-refractivity contribution in [2.24, 2.45) is 5.73 Å².